The number of piperazine rings is 1. The highest BCUT2D eigenvalue weighted by Crippen LogP contribution is 2.69. The van der Waals surface area contributed by atoms with Gasteiger partial charge in [-0.15, -0.1) is 0 Å². The molecule has 6 unspecified atom stereocenters. The molecule has 5 saturated heterocycles. The van der Waals surface area contributed by atoms with Gasteiger partial charge in [-0.05, 0) is 23.3 Å². The highest BCUT2D eigenvalue weighted by Gasteiger charge is 2.77. The van der Waals surface area contributed by atoms with Crippen molar-refractivity contribution in [2.24, 2.45) is 0 Å². The number of aliphatic hydroxyl groups excluding tert-OH is 1. The molecular weight excluding hydrogens is 444 g/mol. The third-order valence-corrected chi connectivity index (χ3v) is 10.1. The fourth-order valence-corrected chi connectivity index (χ4v) is 9.05. The van der Waals surface area contributed by atoms with Gasteiger partial charge in [0.2, 0.25) is 0 Å². The van der Waals surface area contributed by atoms with Crippen LogP contribution in [0.1, 0.15) is 19.8 Å². The van der Waals surface area contributed by atoms with E-state index in [4.69, 9.17) is 14.2 Å². The molecule has 31 heavy (non-hydrogen) atoms. The topological polar surface area (TPSA) is 106 Å². The Labute approximate surface area is 185 Å². The fourth-order valence-electron chi connectivity index (χ4n) is 5.34. The number of ether oxygens (including phenoxy) is 3. The molecule has 0 aromatic heterocycles. The minimum Gasteiger partial charge on any atom is -0.473 e. The zero-order valence-electron chi connectivity index (χ0n) is 16.3. The number of fused-ring (bicyclic) bond motifs is 3. The first-order valence-corrected chi connectivity index (χ1v) is 12.0. The van der Waals surface area contributed by atoms with Gasteiger partial charge in [-0.1, -0.05) is 21.6 Å². The molecule has 11 heteroatoms. The van der Waals surface area contributed by atoms with Crippen LogP contribution in [-0.4, -0.2) is 66.7 Å². The Balaban J connectivity index is 1.49. The number of hydrogen-bond acceptors (Lipinski definition) is 9. The lowest BCUT2D eigenvalue weighted by atomic mass is 10.0. The van der Waals surface area contributed by atoms with Crippen LogP contribution in [0.2, 0.25) is 0 Å². The number of amides is 2. The quantitative estimate of drug-likeness (QED) is 0.454. The second-order valence-corrected chi connectivity index (χ2v) is 10.9. The van der Waals surface area contributed by atoms with E-state index in [-0.39, 0.29) is 24.7 Å². The Morgan fingerprint density at radius 3 is 2.19 bits per heavy atom. The summed E-state index contributed by atoms with van der Waals surface area (Å²) >= 11 is 0. The van der Waals surface area contributed by atoms with E-state index in [9.17, 15) is 19.5 Å². The first-order chi connectivity index (χ1) is 14.9. The Kier molecular flexibility index (Phi) is 3.95. The molecule has 1 N–H and O–H groups in total. The second-order valence-electron chi connectivity index (χ2n) is 8.21. The maximum absolute atomic E-state index is 14.0. The zero-order chi connectivity index (χ0) is 21.5. The van der Waals surface area contributed by atoms with Gasteiger partial charge in [0.15, 0.2) is 9.74 Å². The van der Waals surface area contributed by atoms with Crippen molar-refractivity contribution in [3.8, 4) is 0 Å². The summed E-state index contributed by atoms with van der Waals surface area (Å²) in [4.78, 5) is 40.5. The smallest absolute Gasteiger partial charge is 0.303 e. The van der Waals surface area contributed by atoms with E-state index in [2.05, 4.69) is 0 Å². The molecule has 7 heterocycles. The summed E-state index contributed by atoms with van der Waals surface area (Å²) in [5, 5.41) is 10.7. The van der Waals surface area contributed by atoms with Crippen LogP contribution in [-0.2, 0) is 28.6 Å². The summed E-state index contributed by atoms with van der Waals surface area (Å²) in [7, 11) is 2.71. The van der Waals surface area contributed by atoms with Crippen molar-refractivity contribution in [2.75, 3.05) is 0 Å². The Hall–Kier alpha value is -2.37. The molecule has 5 fully saturated rings. The van der Waals surface area contributed by atoms with Crippen molar-refractivity contribution in [2.45, 2.75) is 53.8 Å². The molecule has 7 aliphatic heterocycles. The van der Waals surface area contributed by atoms with Gasteiger partial charge < -0.3 is 29.1 Å². The molecule has 2 spiro atoms. The van der Waals surface area contributed by atoms with Crippen molar-refractivity contribution >= 4 is 39.4 Å². The summed E-state index contributed by atoms with van der Waals surface area (Å²) in [6.45, 7) is 1.31. The molecule has 0 aromatic rings. The average Bonchev–Trinajstić information content (AvgIpc) is 3.11. The maximum atomic E-state index is 14.0. The average molecular weight is 463 g/mol. The van der Waals surface area contributed by atoms with Crippen LogP contribution in [0.5, 0.6) is 0 Å². The lowest BCUT2D eigenvalue weighted by molar-refractivity contribution is -0.170. The molecule has 0 aromatic carbocycles. The van der Waals surface area contributed by atoms with Gasteiger partial charge in [0.25, 0.3) is 11.8 Å². The van der Waals surface area contributed by atoms with E-state index in [0.29, 0.717) is 11.1 Å². The summed E-state index contributed by atoms with van der Waals surface area (Å²) < 4.78 is 16.3. The van der Waals surface area contributed by atoms with Crippen molar-refractivity contribution in [1.82, 2.24) is 9.80 Å². The van der Waals surface area contributed by atoms with E-state index in [1.54, 1.807) is 15.9 Å². The van der Waals surface area contributed by atoms with Gasteiger partial charge in [-0.25, -0.2) is 0 Å². The van der Waals surface area contributed by atoms with E-state index < -0.39 is 40.0 Å². The monoisotopic (exact) mass is 462 g/mol. The van der Waals surface area contributed by atoms with Crippen molar-refractivity contribution in [1.29, 1.82) is 0 Å². The normalized spacial score (nSPS) is 41.7. The molecule has 0 saturated carbocycles. The van der Waals surface area contributed by atoms with E-state index in [1.165, 1.54) is 59.6 Å². The molecule has 6 atom stereocenters. The second kappa shape index (κ2) is 6.33. The maximum Gasteiger partial charge on any atom is 0.303 e. The van der Waals surface area contributed by atoms with Crippen LogP contribution in [0.4, 0.5) is 0 Å². The van der Waals surface area contributed by atoms with Crippen LogP contribution in [0, 0.1) is 0 Å². The molecule has 2 bridgehead atoms. The van der Waals surface area contributed by atoms with Crippen LogP contribution in [0.3, 0.4) is 0 Å². The van der Waals surface area contributed by atoms with Crippen molar-refractivity contribution < 1.29 is 33.7 Å². The standard InChI is InChI=1S/C20H18N2O7S2/c1-10(23)29-14-3-5-28-9-12-7-20-17(25)21-15-11(8-27-4-2-13(15)24)6-19(21,30-31-20)18(26)22(20)16(12)14/h2-5,8-9,13-16,24H,6-7H2,1H3. The van der Waals surface area contributed by atoms with Crippen LogP contribution in [0.25, 0.3) is 0 Å². The van der Waals surface area contributed by atoms with Crippen LogP contribution in [0.15, 0.2) is 48.3 Å². The lowest BCUT2D eigenvalue weighted by Crippen LogP contribution is -2.77. The molecule has 0 radical (unpaired) electrons. The number of nitrogens with zero attached hydrogens (tertiary/aromatic N) is 2. The Morgan fingerprint density at radius 1 is 1.03 bits per heavy atom. The molecular formula is C20H18N2O7S2. The molecule has 7 aliphatic rings. The molecule has 2 amide bonds. The highest BCUT2D eigenvalue weighted by molar-refractivity contribution is 8.78. The largest absolute Gasteiger partial charge is 0.473 e. The number of hydrogen-bond donors (Lipinski definition) is 1. The molecule has 0 aliphatic carbocycles. The predicted molar refractivity (Wildman–Crippen MR) is 109 cm³/mol. The van der Waals surface area contributed by atoms with Gasteiger partial charge in [0, 0.05) is 19.8 Å². The summed E-state index contributed by atoms with van der Waals surface area (Å²) in [5.74, 6) is -0.958. The molecule has 9 nitrogen and oxygen atoms in total. The van der Waals surface area contributed by atoms with E-state index >= 15 is 0 Å². The Morgan fingerprint density at radius 2 is 1.58 bits per heavy atom. The summed E-state index contributed by atoms with van der Waals surface area (Å²) in [5.41, 5.74) is 1.41. The van der Waals surface area contributed by atoms with Gasteiger partial charge in [-0.2, -0.15) is 0 Å². The number of carbonyl (C=O) groups is 3. The number of rotatable bonds is 1. The summed E-state index contributed by atoms with van der Waals surface area (Å²) in [6.07, 6.45) is 7.68. The van der Waals surface area contributed by atoms with Gasteiger partial charge in [0.05, 0.1) is 43.2 Å². The lowest BCUT2D eigenvalue weighted by Gasteiger charge is -2.58. The van der Waals surface area contributed by atoms with Crippen LogP contribution >= 0.6 is 21.6 Å². The highest BCUT2D eigenvalue weighted by atomic mass is 33.1. The first-order valence-electron chi connectivity index (χ1n) is 9.81. The Bertz CT molecular complexity index is 1040. The fraction of sp³-hybridized carbons (Fsp3) is 0.450. The first kappa shape index (κ1) is 19.3. The zero-order valence-corrected chi connectivity index (χ0v) is 17.9. The SMILES string of the molecule is CC(=O)OC1C=COC=C2CC34SSC5(CC6=COC=CC(O)C6N5C3=O)C(=O)N4C21. The van der Waals surface area contributed by atoms with Gasteiger partial charge in [-0.3, -0.25) is 14.4 Å². The third kappa shape index (κ3) is 2.31. The van der Waals surface area contributed by atoms with E-state index in [1.807, 2.05) is 0 Å². The number of esters is 1. The minimum atomic E-state index is -1.20. The molecule has 7 rings (SSSR count). The number of carbonyl (C=O) groups excluding carboxylic acids is 3. The van der Waals surface area contributed by atoms with Gasteiger partial charge in [0.1, 0.15) is 6.10 Å². The van der Waals surface area contributed by atoms with Crippen molar-refractivity contribution in [3.05, 3.63) is 48.3 Å². The summed E-state index contributed by atoms with van der Waals surface area (Å²) in [6, 6.07) is -1.30. The molecule has 162 valence electrons. The number of aliphatic hydroxyl groups is 1. The van der Waals surface area contributed by atoms with Gasteiger partial charge >= 0.3 is 5.97 Å². The predicted octanol–water partition coefficient (Wildman–Crippen LogP) is 1.14. The third-order valence-electron chi connectivity index (χ3n) is 6.48. The van der Waals surface area contributed by atoms with E-state index in [0.717, 1.165) is 0 Å². The van der Waals surface area contributed by atoms with Crippen LogP contribution < -0.4 is 0 Å². The minimum absolute atomic E-state index is 0.234. The van der Waals surface area contributed by atoms with Crippen molar-refractivity contribution in [3.63, 3.8) is 0 Å².